The Bertz CT molecular complexity index is 475. The van der Waals surface area contributed by atoms with Crippen LogP contribution in [0.15, 0.2) is 24.4 Å². The van der Waals surface area contributed by atoms with Gasteiger partial charge in [-0.1, -0.05) is 23.7 Å². The van der Waals surface area contributed by atoms with Crippen molar-refractivity contribution in [3.05, 3.63) is 46.5 Å². The fourth-order valence-electron chi connectivity index (χ4n) is 1.39. The van der Waals surface area contributed by atoms with Gasteiger partial charge in [0.1, 0.15) is 17.6 Å². The number of aromatic amines is 1. The molecule has 1 heterocycles. The van der Waals surface area contributed by atoms with Crippen LogP contribution in [0.25, 0.3) is 0 Å². The highest BCUT2D eigenvalue weighted by Gasteiger charge is 2.15. The minimum Gasteiger partial charge on any atom is -0.386 e. The van der Waals surface area contributed by atoms with E-state index in [1.165, 1.54) is 12.3 Å². The highest BCUT2D eigenvalue weighted by atomic mass is 35.5. The minimum absolute atomic E-state index is 0.0462. The first kappa shape index (κ1) is 11.0. The van der Waals surface area contributed by atoms with Crippen molar-refractivity contribution in [2.75, 3.05) is 0 Å². The zero-order valence-electron chi connectivity index (χ0n) is 8.19. The summed E-state index contributed by atoms with van der Waals surface area (Å²) in [5.41, 5.74) is 0.724. The van der Waals surface area contributed by atoms with E-state index in [0.29, 0.717) is 11.3 Å². The average Bonchev–Trinajstić information content (AvgIpc) is 2.78. The maximum atomic E-state index is 13.5. The van der Waals surface area contributed by atoms with Crippen LogP contribution in [-0.4, -0.2) is 20.5 Å². The van der Waals surface area contributed by atoms with Gasteiger partial charge in [0.15, 0.2) is 0 Å². The summed E-state index contributed by atoms with van der Waals surface area (Å²) in [4.78, 5) is 0. The Kier molecular flexibility index (Phi) is 3.17. The highest BCUT2D eigenvalue weighted by molar-refractivity contribution is 6.30. The van der Waals surface area contributed by atoms with Crippen molar-refractivity contribution < 1.29 is 9.50 Å². The molecule has 0 fully saturated rings. The lowest BCUT2D eigenvalue weighted by molar-refractivity contribution is 0.172. The lowest BCUT2D eigenvalue weighted by Gasteiger charge is -2.08. The van der Waals surface area contributed by atoms with Crippen LogP contribution >= 0.6 is 11.6 Å². The third-order valence-electron chi connectivity index (χ3n) is 2.22. The maximum Gasteiger partial charge on any atom is 0.145 e. The number of aromatic nitrogens is 3. The van der Waals surface area contributed by atoms with Crippen LogP contribution in [0.1, 0.15) is 17.4 Å². The van der Waals surface area contributed by atoms with E-state index in [1.54, 1.807) is 12.1 Å². The first-order valence-corrected chi connectivity index (χ1v) is 5.03. The van der Waals surface area contributed by atoms with Crippen molar-refractivity contribution in [2.24, 2.45) is 0 Å². The number of H-pyrrole nitrogens is 1. The van der Waals surface area contributed by atoms with Crippen LogP contribution in [0, 0.1) is 5.82 Å². The Morgan fingerprint density at radius 2 is 2.31 bits per heavy atom. The lowest BCUT2D eigenvalue weighted by atomic mass is 10.1. The molecule has 2 rings (SSSR count). The van der Waals surface area contributed by atoms with E-state index < -0.39 is 11.9 Å². The van der Waals surface area contributed by atoms with Crippen LogP contribution < -0.4 is 0 Å². The van der Waals surface area contributed by atoms with Crippen molar-refractivity contribution in [3.63, 3.8) is 0 Å². The fourth-order valence-corrected chi connectivity index (χ4v) is 1.58. The quantitative estimate of drug-likeness (QED) is 0.863. The average molecular weight is 242 g/mol. The summed E-state index contributed by atoms with van der Waals surface area (Å²) in [5, 5.41) is 19.5. The molecule has 0 saturated carbocycles. The molecule has 1 atom stereocenters. The molecular weight excluding hydrogens is 233 g/mol. The normalized spacial score (nSPS) is 12.7. The Labute approximate surface area is 96.1 Å². The largest absolute Gasteiger partial charge is 0.386 e. The first-order chi connectivity index (χ1) is 7.68. The van der Waals surface area contributed by atoms with Crippen LogP contribution in [0.5, 0.6) is 0 Å². The number of rotatable bonds is 3. The lowest BCUT2D eigenvalue weighted by Crippen LogP contribution is -2.04. The van der Waals surface area contributed by atoms with E-state index in [4.69, 9.17) is 11.6 Å². The van der Waals surface area contributed by atoms with E-state index in [9.17, 15) is 9.50 Å². The maximum absolute atomic E-state index is 13.5. The van der Waals surface area contributed by atoms with Gasteiger partial charge in [-0.25, -0.2) is 4.39 Å². The molecule has 0 saturated heterocycles. The number of nitrogens with one attached hydrogen (secondary N) is 1. The third kappa shape index (κ3) is 2.20. The van der Waals surface area contributed by atoms with E-state index in [1.807, 2.05) is 0 Å². The third-order valence-corrected chi connectivity index (χ3v) is 2.51. The monoisotopic (exact) mass is 241 g/mol. The summed E-state index contributed by atoms with van der Waals surface area (Å²) in [6.45, 7) is 0. The minimum atomic E-state index is -0.897. The molecule has 1 unspecified atom stereocenters. The molecule has 0 amide bonds. The Morgan fingerprint density at radius 3 is 3.00 bits per heavy atom. The second-order valence-electron chi connectivity index (χ2n) is 3.33. The molecule has 0 aliphatic heterocycles. The molecule has 16 heavy (non-hydrogen) atoms. The standard InChI is InChI=1S/C10H9ClFN3O/c11-7-3-1-2-6(10(7)12)4-9(16)8-5-13-15-14-8/h1-3,5,9,16H,4H2,(H,13,14,15). The molecule has 1 aromatic carbocycles. The zero-order valence-corrected chi connectivity index (χ0v) is 8.95. The second kappa shape index (κ2) is 4.59. The van der Waals surface area contributed by atoms with Gasteiger partial charge in [0, 0.05) is 6.42 Å². The summed E-state index contributed by atoms with van der Waals surface area (Å²) in [6, 6.07) is 4.67. The number of nitrogens with zero attached hydrogens (tertiary/aromatic N) is 2. The van der Waals surface area contributed by atoms with E-state index in [0.717, 1.165) is 0 Å². The highest BCUT2D eigenvalue weighted by Crippen LogP contribution is 2.22. The number of aliphatic hydroxyl groups excluding tert-OH is 1. The van der Waals surface area contributed by atoms with Crippen molar-refractivity contribution in [1.29, 1.82) is 0 Å². The Morgan fingerprint density at radius 1 is 1.50 bits per heavy atom. The number of benzene rings is 1. The van der Waals surface area contributed by atoms with Gasteiger partial charge in [0.05, 0.1) is 11.2 Å². The molecule has 0 aliphatic rings. The number of halogens is 2. The van der Waals surface area contributed by atoms with Crippen molar-refractivity contribution >= 4 is 11.6 Å². The van der Waals surface area contributed by atoms with Crippen molar-refractivity contribution in [1.82, 2.24) is 15.4 Å². The van der Waals surface area contributed by atoms with Gasteiger partial charge in [-0.2, -0.15) is 15.4 Å². The summed E-state index contributed by atoms with van der Waals surface area (Å²) in [6.07, 6.45) is 0.609. The molecule has 0 bridgehead atoms. The summed E-state index contributed by atoms with van der Waals surface area (Å²) in [5.74, 6) is -0.508. The fraction of sp³-hybridized carbons (Fsp3) is 0.200. The van der Waals surface area contributed by atoms with Gasteiger partial charge in [-0.15, -0.1) is 0 Å². The molecule has 4 nitrogen and oxygen atoms in total. The zero-order chi connectivity index (χ0) is 11.5. The second-order valence-corrected chi connectivity index (χ2v) is 3.73. The van der Waals surface area contributed by atoms with E-state index in [-0.39, 0.29) is 11.4 Å². The van der Waals surface area contributed by atoms with E-state index >= 15 is 0 Å². The summed E-state index contributed by atoms with van der Waals surface area (Å²) < 4.78 is 13.5. The predicted molar refractivity (Wildman–Crippen MR) is 56.5 cm³/mol. The molecular formula is C10H9ClFN3O. The predicted octanol–water partition coefficient (Wildman–Crippen LogP) is 1.87. The van der Waals surface area contributed by atoms with Crippen LogP contribution in [0.2, 0.25) is 5.02 Å². The molecule has 2 N–H and O–H groups in total. The van der Waals surface area contributed by atoms with Gasteiger partial charge in [-0.3, -0.25) is 0 Å². The summed E-state index contributed by atoms with van der Waals surface area (Å²) in [7, 11) is 0. The first-order valence-electron chi connectivity index (χ1n) is 4.65. The van der Waals surface area contributed by atoms with Gasteiger partial charge >= 0.3 is 0 Å². The Hall–Kier alpha value is -1.46. The number of hydrogen-bond donors (Lipinski definition) is 2. The molecule has 0 aliphatic carbocycles. The van der Waals surface area contributed by atoms with Crippen LogP contribution in [0.3, 0.4) is 0 Å². The number of aliphatic hydroxyl groups is 1. The molecule has 2 aromatic rings. The topological polar surface area (TPSA) is 61.8 Å². The molecule has 1 aromatic heterocycles. The molecule has 0 spiro atoms. The summed E-state index contributed by atoms with van der Waals surface area (Å²) >= 11 is 5.63. The molecule has 0 radical (unpaired) electrons. The van der Waals surface area contributed by atoms with Crippen molar-refractivity contribution in [3.8, 4) is 0 Å². The number of hydrogen-bond acceptors (Lipinski definition) is 3. The SMILES string of the molecule is OC(Cc1cccc(Cl)c1F)c1cn[nH]n1. The van der Waals surface area contributed by atoms with Crippen LogP contribution in [0.4, 0.5) is 4.39 Å². The Balaban J connectivity index is 2.18. The van der Waals surface area contributed by atoms with Gasteiger partial charge in [-0.05, 0) is 11.6 Å². The van der Waals surface area contributed by atoms with Crippen LogP contribution in [-0.2, 0) is 6.42 Å². The van der Waals surface area contributed by atoms with Crippen molar-refractivity contribution in [2.45, 2.75) is 12.5 Å². The molecule has 6 heteroatoms. The van der Waals surface area contributed by atoms with Gasteiger partial charge in [0.2, 0.25) is 0 Å². The molecule has 84 valence electrons. The smallest absolute Gasteiger partial charge is 0.145 e. The van der Waals surface area contributed by atoms with E-state index in [2.05, 4.69) is 15.4 Å². The van der Waals surface area contributed by atoms with Gasteiger partial charge in [0.25, 0.3) is 0 Å². The van der Waals surface area contributed by atoms with Gasteiger partial charge < -0.3 is 5.11 Å².